The molecule has 0 aliphatic rings. The molecule has 1 atom stereocenters. The molecule has 3 N–H and O–H groups in total. The van der Waals surface area contributed by atoms with Gasteiger partial charge in [-0.25, -0.2) is 0 Å². The summed E-state index contributed by atoms with van der Waals surface area (Å²) in [5, 5.41) is 13.6. The number of carbonyl (C=O) groups excluding carboxylic acids is 1. The van der Waals surface area contributed by atoms with Crippen LogP contribution in [0, 0.1) is 11.3 Å². The van der Waals surface area contributed by atoms with Crippen molar-refractivity contribution in [3.05, 3.63) is 30.3 Å². The van der Waals surface area contributed by atoms with Crippen molar-refractivity contribution < 1.29 is 4.79 Å². The predicted octanol–water partition coefficient (Wildman–Crippen LogP) is 1.89. The van der Waals surface area contributed by atoms with E-state index in [9.17, 15) is 4.79 Å². The molecule has 0 fully saturated rings. The van der Waals surface area contributed by atoms with Crippen LogP contribution in [0.5, 0.6) is 0 Å². The van der Waals surface area contributed by atoms with E-state index in [0.29, 0.717) is 5.71 Å². The topological polar surface area (TPSA) is 65.0 Å². The Labute approximate surface area is 102 Å². The molecule has 92 valence electrons. The summed E-state index contributed by atoms with van der Waals surface area (Å²) in [6, 6.07) is 9.29. The minimum Gasteiger partial charge on any atom is -0.326 e. The molecule has 1 aromatic carbocycles. The van der Waals surface area contributed by atoms with E-state index in [1.54, 1.807) is 0 Å². The van der Waals surface area contributed by atoms with E-state index in [1.165, 1.54) is 0 Å². The van der Waals surface area contributed by atoms with Crippen LogP contribution in [0.15, 0.2) is 30.3 Å². The van der Waals surface area contributed by atoms with Crippen molar-refractivity contribution in [2.75, 3.05) is 18.9 Å². The smallest absolute Gasteiger partial charge is 0.230 e. The molecule has 4 nitrogen and oxygen atoms in total. The Morgan fingerprint density at radius 3 is 2.59 bits per heavy atom. The molecule has 17 heavy (non-hydrogen) atoms. The molecule has 0 aliphatic carbocycles. The van der Waals surface area contributed by atoms with Crippen LogP contribution in [0.4, 0.5) is 5.69 Å². The van der Waals surface area contributed by atoms with Crippen molar-refractivity contribution in [2.24, 2.45) is 5.92 Å². The summed E-state index contributed by atoms with van der Waals surface area (Å²) in [4.78, 5) is 11.7. The van der Waals surface area contributed by atoms with E-state index < -0.39 is 0 Å². The molecule has 0 saturated heterocycles. The Bertz CT molecular complexity index is 376. The maximum absolute atomic E-state index is 11.7. The third-order valence-corrected chi connectivity index (χ3v) is 2.51. The lowest BCUT2D eigenvalue weighted by Crippen LogP contribution is -2.26. The van der Waals surface area contributed by atoms with Gasteiger partial charge in [-0.2, -0.15) is 0 Å². The van der Waals surface area contributed by atoms with Crippen molar-refractivity contribution in [3.63, 3.8) is 0 Å². The number of hydrogen-bond acceptors (Lipinski definition) is 3. The normalized spacial score (nSPS) is 11.9. The van der Waals surface area contributed by atoms with Crippen LogP contribution in [0.2, 0.25) is 0 Å². The van der Waals surface area contributed by atoms with Crippen LogP contribution in [0.1, 0.15) is 13.3 Å². The highest BCUT2D eigenvalue weighted by Crippen LogP contribution is 2.07. The molecule has 0 heterocycles. The van der Waals surface area contributed by atoms with Crippen LogP contribution in [0.25, 0.3) is 0 Å². The largest absolute Gasteiger partial charge is 0.326 e. The number of nitrogens with one attached hydrogen (secondary N) is 3. The van der Waals surface area contributed by atoms with Gasteiger partial charge < -0.3 is 16.0 Å². The molecule has 0 radical (unpaired) electrons. The van der Waals surface area contributed by atoms with Crippen LogP contribution in [-0.4, -0.2) is 25.2 Å². The predicted molar refractivity (Wildman–Crippen MR) is 70.5 cm³/mol. The number of rotatable bonds is 6. The van der Waals surface area contributed by atoms with Gasteiger partial charge in [-0.1, -0.05) is 25.1 Å². The Balaban J connectivity index is 2.42. The SMILES string of the molecule is CNCC(C)C(=N)CC(=O)Nc1ccccc1. The maximum Gasteiger partial charge on any atom is 0.230 e. The second kappa shape index (κ2) is 6.81. The summed E-state index contributed by atoms with van der Waals surface area (Å²) in [6.45, 7) is 2.66. The molecular weight excluding hydrogens is 214 g/mol. The fraction of sp³-hybridized carbons (Fsp3) is 0.385. The van der Waals surface area contributed by atoms with E-state index in [4.69, 9.17) is 5.41 Å². The number of carbonyl (C=O) groups is 1. The van der Waals surface area contributed by atoms with E-state index in [-0.39, 0.29) is 18.2 Å². The molecule has 4 heteroatoms. The summed E-state index contributed by atoms with van der Waals surface area (Å²) >= 11 is 0. The molecule has 1 unspecified atom stereocenters. The minimum absolute atomic E-state index is 0.0847. The van der Waals surface area contributed by atoms with E-state index in [2.05, 4.69) is 10.6 Å². The first kappa shape index (κ1) is 13.4. The third-order valence-electron chi connectivity index (χ3n) is 2.51. The van der Waals surface area contributed by atoms with Crippen molar-refractivity contribution >= 4 is 17.3 Å². The van der Waals surface area contributed by atoms with E-state index in [1.807, 2.05) is 44.3 Å². The lowest BCUT2D eigenvalue weighted by Gasteiger charge is -2.12. The molecular formula is C13H19N3O. The number of hydrogen-bond donors (Lipinski definition) is 3. The van der Waals surface area contributed by atoms with Gasteiger partial charge in [0, 0.05) is 23.9 Å². The van der Waals surface area contributed by atoms with Crippen LogP contribution in [0.3, 0.4) is 0 Å². The van der Waals surface area contributed by atoms with Crippen molar-refractivity contribution in [1.82, 2.24) is 5.32 Å². The molecule has 1 amide bonds. The number of anilines is 1. The van der Waals surface area contributed by atoms with E-state index in [0.717, 1.165) is 12.2 Å². The van der Waals surface area contributed by atoms with Gasteiger partial charge in [-0.3, -0.25) is 4.79 Å². The molecule has 0 saturated carbocycles. The zero-order chi connectivity index (χ0) is 12.7. The maximum atomic E-state index is 11.7. The first-order valence-electron chi connectivity index (χ1n) is 5.70. The quantitative estimate of drug-likeness (QED) is 0.657. The molecule has 0 spiro atoms. The standard InChI is InChI=1S/C13H19N3O/c1-10(9-15-2)12(14)8-13(17)16-11-6-4-3-5-7-11/h3-7,10,14-15H,8-9H2,1-2H3,(H,16,17). The number of amides is 1. The minimum atomic E-state index is -0.135. The van der Waals surface area contributed by atoms with E-state index >= 15 is 0 Å². The number of para-hydroxylation sites is 1. The average molecular weight is 233 g/mol. The van der Waals surface area contributed by atoms with Gasteiger partial charge >= 0.3 is 0 Å². The second-order valence-corrected chi connectivity index (χ2v) is 4.07. The van der Waals surface area contributed by atoms with Crippen molar-refractivity contribution in [2.45, 2.75) is 13.3 Å². The summed E-state index contributed by atoms with van der Waals surface area (Å²) in [5.74, 6) is -0.0503. The van der Waals surface area contributed by atoms with Gasteiger partial charge in [0.15, 0.2) is 0 Å². The van der Waals surface area contributed by atoms with Gasteiger partial charge in [-0.15, -0.1) is 0 Å². The fourth-order valence-electron chi connectivity index (χ4n) is 1.50. The zero-order valence-corrected chi connectivity index (χ0v) is 10.3. The average Bonchev–Trinajstić information content (AvgIpc) is 2.30. The molecule has 1 aromatic rings. The van der Waals surface area contributed by atoms with Crippen molar-refractivity contribution in [3.8, 4) is 0 Å². The number of benzene rings is 1. The van der Waals surface area contributed by atoms with Gasteiger partial charge in [0.2, 0.25) is 5.91 Å². The second-order valence-electron chi connectivity index (χ2n) is 4.07. The summed E-state index contributed by atoms with van der Waals surface area (Å²) in [6.07, 6.45) is 0.151. The zero-order valence-electron chi connectivity index (χ0n) is 10.3. The Morgan fingerprint density at radius 2 is 2.00 bits per heavy atom. The summed E-state index contributed by atoms with van der Waals surface area (Å²) in [7, 11) is 1.84. The van der Waals surface area contributed by atoms with Crippen molar-refractivity contribution in [1.29, 1.82) is 5.41 Å². The molecule has 0 aromatic heterocycles. The molecule has 0 aliphatic heterocycles. The first-order valence-corrected chi connectivity index (χ1v) is 5.70. The van der Waals surface area contributed by atoms with Gasteiger partial charge in [-0.05, 0) is 19.2 Å². The van der Waals surface area contributed by atoms with Crippen LogP contribution in [-0.2, 0) is 4.79 Å². The fourth-order valence-corrected chi connectivity index (χ4v) is 1.50. The van der Waals surface area contributed by atoms with Crippen LogP contribution >= 0.6 is 0 Å². The van der Waals surface area contributed by atoms with Gasteiger partial charge in [0.25, 0.3) is 0 Å². The van der Waals surface area contributed by atoms with Crippen LogP contribution < -0.4 is 10.6 Å². The lowest BCUT2D eigenvalue weighted by atomic mass is 10.0. The monoisotopic (exact) mass is 233 g/mol. The summed E-state index contributed by atoms with van der Waals surface area (Å²) < 4.78 is 0. The highest BCUT2D eigenvalue weighted by atomic mass is 16.1. The van der Waals surface area contributed by atoms with Gasteiger partial charge in [0.1, 0.15) is 0 Å². The first-order chi connectivity index (χ1) is 8.13. The lowest BCUT2D eigenvalue weighted by molar-refractivity contribution is -0.115. The Kier molecular flexibility index (Phi) is 5.36. The highest BCUT2D eigenvalue weighted by molar-refractivity contribution is 6.06. The molecule has 1 rings (SSSR count). The third kappa shape index (κ3) is 4.78. The summed E-state index contributed by atoms with van der Waals surface area (Å²) in [5.41, 5.74) is 1.22. The van der Waals surface area contributed by atoms with Gasteiger partial charge in [0.05, 0.1) is 6.42 Å². The Morgan fingerprint density at radius 1 is 1.35 bits per heavy atom. The Hall–Kier alpha value is -1.68. The highest BCUT2D eigenvalue weighted by Gasteiger charge is 2.12. The molecule has 0 bridgehead atoms.